The lowest BCUT2D eigenvalue weighted by Gasteiger charge is -2.05. The molecular weight excluding hydrogens is 240 g/mol. The summed E-state index contributed by atoms with van der Waals surface area (Å²) in [5.74, 6) is 0.401. The fourth-order valence-electron chi connectivity index (χ4n) is 1.44. The lowest BCUT2D eigenvalue weighted by molar-refractivity contribution is 0.574. The van der Waals surface area contributed by atoms with Crippen molar-refractivity contribution < 1.29 is 12.8 Å². The van der Waals surface area contributed by atoms with Crippen LogP contribution in [-0.2, 0) is 10.0 Å². The zero-order valence-electron chi connectivity index (χ0n) is 9.25. The van der Waals surface area contributed by atoms with Gasteiger partial charge >= 0.3 is 0 Å². The average Bonchev–Trinajstić information content (AvgIpc) is 2.82. The molecule has 0 unspecified atom stereocenters. The second-order valence-electron chi connectivity index (χ2n) is 3.37. The molecule has 0 saturated carbocycles. The van der Waals surface area contributed by atoms with Gasteiger partial charge in [0, 0.05) is 12.1 Å². The Kier molecular flexibility index (Phi) is 3.26. The molecule has 0 amide bonds. The van der Waals surface area contributed by atoms with Crippen molar-refractivity contribution in [2.45, 2.75) is 11.8 Å². The van der Waals surface area contributed by atoms with Crippen molar-refractivity contribution in [2.24, 2.45) is 0 Å². The summed E-state index contributed by atoms with van der Waals surface area (Å²) in [6.07, 6.45) is 2.96. The van der Waals surface area contributed by atoms with E-state index in [4.69, 9.17) is 4.42 Å². The van der Waals surface area contributed by atoms with E-state index in [1.807, 2.05) is 0 Å². The van der Waals surface area contributed by atoms with Crippen LogP contribution in [0.4, 0.5) is 0 Å². The van der Waals surface area contributed by atoms with Crippen molar-refractivity contribution >= 4 is 10.0 Å². The molecule has 6 heteroatoms. The Bertz CT molecular complexity index is 591. The molecule has 0 radical (unpaired) electrons. The molecule has 0 atom stereocenters. The van der Waals surface area contributed by atoms with Crippen molar-refractivity contribution in [1.82, 2.24) is 9.71 Å². The fraction of sp³-hybridized carbons (Fsp3) is 0.182. The molecule has 0 bridgehead atoms. The summed E-state index contributed by atoms with van der Waals surface area (Å²) < 4.78 is 31.1. The molecule has 0 aliphatic rings. The van der Waals surface area contributed by atoms with Crippen LogP contribution >= 0.6 is 0 Å². The minimum absolute atomic E-state index is 0.204. The predicted molar refractivity (Wildman–Crippen MR) is 62.8 cm³/mol. The van der Waals surface area contributed by atoms with Crippen LogP contribution in [0.3, 0.4) is 0 Å². The third-order valence-corrected chi connectivity index (χ3v) is 3.70. The van der Waals surface area contributed by atoms with Crippen LogP contribution in [0.5, 0.6) is 0 Å². The van der Waals surface area contributed by atoms with E-state index in [2.05, 4.69) is 9.71 Å². The van der Waals surface area contributed by atoms with Crippen LogP contribution in [0.1, 0.15) is 6.92 Å². The third-order valence-electron chi connectivity index (χ3n) is 2.16. The zero-order chi connectivity index (χ0) is 12.3. The van der Waals surface area contributed by atoms with Crippen LogP contribution in [0, 0.1) is 0 Å². The van der Waals surface area contributed by atoms with E-state index in [1.54, 1.807) is 19.1 Å². The number of hydrogen-bond donors (Lipinski definition) is 1. The standard InChI is InChI=1S/C11H12N2O3S/c1-2-13-17(14,15)10-5-3-4-9(8-10)11-12-6-7-16-11/h3-8,13H,2H2,1H3. The maximum Gasteiger partial charge on any atom is 0.240 e. The van der Waals surface area contributed by atoms with Gasteiger partial charge in [0.1, 0.15) is 6.26 Å². The highest BCUT2D eigenvalue weighted by Gasteiger charge is 2.14. The molecule has 1 aromatic carbocycles. The molecule has 2 aromatic rings. The van der Waals surface area contributed by atoms with E-state index in [-0.39, 0.29) is 4.90 Å². The molecule has 2 rings (SSSR count). The van der Waals surface area contributed by atoms with Crippen LogP contribution in [0.25, 0.3) is 11.5 Å². The van der Waals surface area contributed by atoms with E-state index in [0.29, 0.717) is 18.0 Å². The number of sulfonamides is 1. The normalized spacial score (nSPS) is 11.6. The third kappa shape index (κ3) is 2.54. The lowest BCUT2D eigenvalue weighted by Crippen LogP contribution is -2.23. The van der Waals surface area contributed by atoms with Gasteiger partial charge in [-0.2, -0.15) is 0 Å². The molecule has 0 saturated heterocycles. The zero-order valence-corrected chi connectivity index (χ0v) is 10.1. The van der Waals surface area contributed by atoms with Gasteiger partial charge in [0.05, 0.1) is 11.1 Å². The maximum atomic E-state index is 11.8. The number of nitrogens with one attached hydrogen (secondary N) is 1. The summed E-state index contributed by atoms with van der Waals surface area (Å²) in [6.45, 7) is 2.08. The van der Waals surface area contributed by atoms with E-state index in [9.17, 15) is 8.42 Å². The average molecular weight is 252 g/mol. The monoisotopic (exact) mass is 252 g/mol. The molecular formula is C11H12N2O3S. The minimum atomic E-state index is -3.44. The molecule has 0 aliphatic heterocycles. The van der Waals surface area contributed by atoms with Crippen LogP contribution in [0.2, 0.25) is 0 Å². The first-order chi connectivity index (χ1) is 8.13. The second kappa shape index (κ2) is 4.68. The number of rotatable bonds is 4. The number of aromatic nitrogens is 1. The molecule has 17 heavy (non-hydrogen) atoms. The van der Waals surface area contributed by atoms with Gasteiger partial charge in [0.15, 0.2) is 0 Å². The van der Waals surface area contributed by atoms with Gasteiger partial charge in [0.2, 0.25) is 15.9 Å². The molecule has 0 spiro atoms. The Labute approximate surface area is 99.5 Å². The highest BCUT2D eigenvalue weighted by molar-refractivity contribution is 7.89. The summed E-state index contributed by atoms with van der Waals surface area (Å²) in [7, 11) is -3.44. The Balaban J connectivity index is 2.42. The number of benzene rings is 1. The Morgan fingerprint density at radius 1 is 1.41 bits per heavy atom. The Morgan fingerprint density at radius 2 is 2.24 bits per heavy atom. The van der Waals surface area contributed by atoms with E-state index < -0.39 is 10.0 Å². The van der Waals surface area contributed by atoms with Gasteiger partial charge in [0.25, 0.3) is 0 Å². The second-order valence-corrected chi connectivity index (χ2v) is 5.13. The van der Waals surface area contributed by atoms with Gasteiger partial charge in [-0.1, -0.05) is 13.0 Å². The quantitative estimate of drug-likeness (QED) is 0.897. The smallest absolute Gasteiger partial charge is 0.240 e. The fourth-order valence-corrected chi connectivity index (χ4v) is 2.52. The molecule has 1 aromatic heterocycles. The summed E-state index contributed by atoms with van der Waals surface area (Å²) >= 11 is 0. The van der Waals surface area contributed by atoms with E-state index in [1.165, 1.54) is 24.6 Å². The van der Waals surface area contributed by atoms with E-state index >= 15 is 0 Å². The summed E-state index contributed by atoms with van der Waals surface area (Å²) in [5, 5.41) is 0. The van der Waals surface area contributed by atoms with Gasteiger partial charge < -0.3 is 4.42 Å². The van der Waals surface area contributed by atoms with Gasteiger partial charge in [-0.05, 0) is 18.2 Å². The first kappa shape index (κ1) is 11.8. The van der Waals surface area contributed by atoms with Crippen molar-refractivity contribution in [1.29, 1.82) is 0 Å². The van der Waals surface area contributed by atoms with Crippen molar-refractivity contribution in [2.75, 3.05) is 6.54 Å². The predicted octanol–water partition coefficient (Wildman–Crippen LogP) is 1.64. The van der Waals surface area contributed by atoms with Crippen LogP contribution in [0.15, 0.2) is 46.0 Å². The van der Waals surface area contributed by atoms with Crippen molar-refractivity contribution in [3.8, 4) is 11.5 Å². The largest absolute Gasteiger partial charge is 0.445 e. The van der Waals surface area contributed by atoms with Crippen molar-refractivity contribution in [3.63, 3.8) is 0 Å². The first-order valence-corrected chi connectivity index (χ1v) is 6.61. The summed E-state index contributed by atoms with van der Waals surface area (Å²) in [4.78, 5) is 4.18. The molecule has 1 N–H and O–H groups in total. The number of nitrogens with zero attached hydrogens (tertiary/aromatic N) is 1. The topological polar surface area (TPSA) is 72.2 Å². The highest BCUT2D eigenvalue weighted by atomic mass is 32.2. The van der Waals surface area contributed by atoms with Gasteiger partial charge in [-0.15, -0.1) is 0 Å². The number of hydrogen-bond acceptors (Lipinski definition) is 4. The van der Waals surface area contributed by atoms with Gasteiger partial charge in [-0.25, -0.2) is 18.1 Å². The van der Waals surface area contributed by atoms with Crippen LogP contribution < -0.4 is 4.72 Å². The highest BCUT2D eigenvalue weighted by Crippen LogP contribution is 2.20. The lowest BCUT2D eigenvalue weighted by atomic mass is 10.2. The van der Waals surface area contributed by atoms with E-state index in [0.717, 1.165) is 0 Å². The van der Waals surface area contributed by atoms with Gasteiger partial charge in [-0.3, -0.25) is 0 Å². The SMILES string of the molecule is CCNS(=O)(=O)c1cccc(-c2ncco2)c1. The Hall–Kier alpha value is -1.66. The molecule has 90 valence electrons. The maximum absolute atomic E-state index is 11.8. The molecule has 0 aliphatic carbocycles. The van der Waals surface area contributed by atoms with Crippen LogP contribution in [-0.4, -0.2) is 19.9 Å². The van der Waals surface area contributed by atoms with Crippen molar-refractivity contribution in [3.05, 3.63) is 36.7 Å². The molecule has 1 heterocycles. The molecule has 5 nitrogen and oxygen atoms in total. The summed E-state index contributed by atoms with van der Waals surface area (Å²) in [6, 6.07) is 6.47. The molecule has 0 fully saturated rings. The number of oxazole rings is 1. The summed E-state index contributed by atoms with van der Waals surface area (Å²) in [5.41, 5.74) is 0.633. The first-order valence-electron chi connectivity index (χ1n) is 5.13. The Morgan fingerprint density at radius 3 is 2.88 bits per heavy atom. The minimum Gasteiger partial charge on any atom is -0.445 e.